The molecular weight excluding hydrogens is 536 g/mol. The average Bonchev–Trinajstić information content (AvgIpc) is 3.39. The third-order valence-electron chi connectivity index (χ3n) is 5.94. The van der Waals surface area contributed by atoms with Crippen LogP contribution in [0.2, 0.25) is 0 Å². The van der Waals surface area contributed by atoms with E-state index in [2.05, 4.69) is 31.2 Å². The van der Waals surface area contributed by atoms with E-state index in [1.807, 2.05) is 6.92 Å². The molecule has 2 aromatic carbocycles. The van der Waals surface area contributed by atoms with Gasteiger partial charge in [0.15, 0.2) is 5.75 Å². The van der Waals surface area contributed by atoms with Crippen molar-refractivity contribution >= 4 is 29.3 Å². The third kappa shape index (κ3) is 7.14. The van der Waals surface area contributed by atoms with Gasteiger partial charge in [0.25, 0.3) is 0 Å². The third-order valence-corrected chi connectivity index (χ3v) is 5.94. The van der Waals surface area contributed by atoms with Crippen molar-refractivity contribution in [3.63, 3.8) is 0 Å². The maximum Gasteiger partial charge on any atom is 0.418 e. The summed E-state index contributed by atoms with van der Waals surface area (Å²) >= 11 is 0. The number of halogens is 4. The van der Waals surface area contributed by atoms with E-state index in [4.69, 9.17) is 9.47 Å². The SMILES string of the molecule is CCNc1ncc(OC(=O)N[C@@]2(C(=O)NCc3ccc(Nc4ccc(F)cc4C(F)(F)F)cc3)CCOC2)cn1. The van der Waals surface area contributed by atoms with Gasteiger partial charge in [0.05, 0.1) is 30.3 Å². The van der Waals surface area contributed by atoms with Gasteiger partial charge in [-0.1, -0.05) is 12.1 Å². The number of benzene rings is 2. The van der Waals surface area contributed by atoms with Crippen molar-refractivity contribution in [2.45, 2.75) is 31.6 Å². The van der Waals surface area contributed by atoms with E-state index in [1.165, 1.54) is 24.5 Å². The smallest absolute Gasteiger partial charge is 0.407 e. The van der Waals surface area contributed by atoms with Crippen molar-refractivity contribution in [3.8, 4) is 5.75 Å². The van der Waals surface area contributed by atoms with Gasteiger partial charge in [-0.25, -0.2) is 19.2 Å². The zero-order chi connectivity index (χ0) is 28.8. The molecule has 10 nitrogen and oxygen atoms in total. The van der Waals surface area contributed by atoms with Gasteiger partial charge < -0.3 is 30.7 Å². The summed E-state index contributed by atoms with van der Waals surface area (Å²) in [6, 6.07) is 8.64. The normalized spacial score (nSPS) is 16.7. The average molecular weight is 563 g/mol. The number of hydrogen-bond acceptors (Lipinski definition) is 8. The van der Waals surface area contributed by atoms with E-state index in [-0.39, 0.29) is 37.6 Å². The highest BCUT2D eigenvalue weighted by molar-refractivity contribution is 5.90. The largest absolute Gasteiger partial charge is 0.418 e. The summed E-state index contributed by atoms with van der Waals surface area (Å²) in [4.78, 5) is 33.6. The summed E-state index contributed by atoms with van der Waals surface area (Å²) in [6.45, 7) is 2.76. The second kappa shape index (κ2) is 12.2. The van der Waals surface area contributed by atoms with Crippen molar-refractivity contribution in [2.24, 2.45) is 0 Å². The van der Waals surface area contributed by atoms with Crippen LogP contribution in [0.3, 0.4) is 0 Å². The van der Waals surface area contributed by atoms with E-state index in [1.54, 1.807) is 12.1 Å². The first kappa shape index (κ1) is 28.5. The molecule has 1 aliphatic heterocycles. The Morgan fingerprint density at radius 1 is 1.10 bits per heavy atom. The van der Waals surface area contributed by atoms with Crippen LogP contribution >= 0.6 is 0 Å². The Bertz CT molecular complexity index is 1330. The standard InChI is InChI=1S/C26H26F4N6O4/c1-2-31-23-33-13-19(14-34-23)40-24(38)36-25(9-10-39-15-25)22(37)32-12-16-3-6-18(7-4-16)35-21-8-5-17(27)11-20(21)26(28,29)30/h3-8,11,13-14,35H,2,9-10,12,15H2,1H3,(H,32,37)(H,36,38)(H,31,33,34)/t25-/m0/s1. The minimum absolute atomic E-state index is 0.0636. The Hall–Kier alpha value is -4.46. The van der Waals surface area contributed by atoms with Gasteiger partial charge in [-0.3, -0.25) is 4.79 Å². The predicted molar refractivity (Wildman–Crippen MR) is 136 cm³/mol. The van der Waals surface area contributed by atoms with Crippen LogP contribution in [-0.2, 0) is 22.3 Å². The second-order valence-electron chi connectivity index (χ2n) is 8.86. The zero-order valence-corrected chi connectivity index (χ0v) is 21.3. The number of carbonyl (C=O) groups excluding carboxylic acids is 2. The van der Waals surface area contributed by atoms with Gasteiger partial charge in [0.1, 0.15) is 11.4 Å². The van der Waals surface area contributed by atoms with Crippen molar-refractivity contribution in [1.82, 2.24) is 20.6 Å². The quantitative estimate of drug-likeness (QED) is 0.283. The monoisotopic (exact) mass is 562 g/mol. The Morgan fingerprint density at radius 3 is 2.45 bits per heavy atom. The Labute approximate surface area is 226 Å². The van der Waals surface area contributed by atoms with Crippen LogP contribution in [-0.4, -0.2) is 47.3 Å². The van der Waals surface area contributed by atoms with Crippen LogP contribution < -0.4 is 26.0 Å². The first-order chi connectivity index (χ1) is 19.1. The van der Waals surface area contributed by atoms with Gasteiger partial charge in [-0.05, 0) is 42.8 Å². The van der Waals surface area contributed by atoms with Crippen LogP contribution in [0.25, 0.3) is 0 Å². The fourth-order valence-electron chi connectivity index (χ4n) is 3.92. The summed E-state index contributed by atoms with van der Waals surface area (Å²) in [7, 11) is 0. The summed E-state index contributed by atoms with van der Waals surface area (Å²) in [5.41, 5.74) is -1.81. The molecule has 0 unspecified atom stereocenters. The molecule has 14 heteroatoms. The Kier molecular flexibility index (Phi) is 8.67. The molecule has 3 aromatic rings. The first-order valence-electron chi connectivity index (χ1n) is 12.2. The van der Waals surface area contributed by atoms with Gasteiger partial charge in [0, 0.05) is 31.8 Å². The van der Waals surface area contributed by atoms with E-state index < -0.39 is 35.1 Å². The number of carbonyl (C=O) groups is 2. The number of rotatable bonds is 9. The maximum atomic E-state index is 13.4. The van der Waals surface area contributed by atoms with Crippen molar-refractivity contribution in [3.05, 3.63) is 71.8 Å². The lowest BCUT2D eigenvalue weighted by Crippen LogP contribution is -2.59. The molecule has 0 saturated carbocycles. The fraction of sp³-hybridized carbons (Fsp3) is 0.308. The lowest BCUT2D eigenvalue weighted by Gasteiger charge is -2.27. The van der Waals surface area contributed by atoms with Crippen LogP contribution in [0.4, 0.5) is 39.7 Å². The Balaban J connectivity index is 1.35. The molecule has 4 N–H and O–H groups in total. The number of amides is 2. The number of hydrogen-bond donors (Lipinski definition) is 4. The second-order valence-corrected chi connectivity index (χ2v) is 8.86. The summed E-state index contributed by atoms with van der Waals surface area (Å²) < 4.78 is 63.7. The lowest BCUT2D eigenvalue weighted by molar-refractivity contribution is -0.137. The van der Waals surface area contributed by atoms with Crippen molar-refractivity contribution < 1.29 is 36.6 Å². The van der Waals surface area contributed by atoms with E-state index in [9.17, 15) is 27.2 Å². The maximum absolute atomic E-state index is 13.4. The van der Waals surface area contributed by atoms with Crippen molar-refractivity contribution in [2.75, 3.05) is 30.4 Å². The fourth-order valence-corrected chi connectivity index (χ4v) is 3.92. The molecule has 2 heterocycles. The molecule has 0 radical (unpaired) electrons. The number of anilines is 3. The molecule has 1 saturated heterocycles. The van der Waals surface area contributed by atoms with Gasteiger partial charge in [0.2, 0.25) is 11.9 Å². The number of nitrogens with one attached hydrogen (secondary N) is 4. The van der Waals surface area contributed by atoms with E-state index in [0.717, 1.165) is 12.1 Å². The van der Waals surface area contributed by atoms with Crippen LogP contribution in [0.1, 0.15) is 24.5 Å². The minimum Gasteiger partial charge on any atom is -0.407 e. The molecular formula is C26H26F4N6O4. The molecule has 212 valence electrons. The van der Waals surface area contributed by atoms with Gasteiger partial charge >= 0.3 is 12.3 Å². The number of ether oxygens (including phenoxy) is 2. The first-order valence-corrected chi connectivity index (χ1v) is 12.2. The molecule has 40 heavy (non-hydrogen) atoms. The minimum atomic E-state index is -4.74. The van der Waals surface area contributed by atoms with Crippen LogP contribution in [0.5, 0.6) is 5.75 Å². The lowest BCUT2D eigenvalue weighted by atomic mass is 9.97. The van der Waals surface area contributed by atoms with Crippen LogP contribution in [0.15, 0.2) is 54.9 Å². The number of aromatic nitrogens is 2. The molecule has 1 fully saturated rings. The topological polar surface area (TPSA) is 127 Å². The van der Waals surface area contributed by atoms with E-state index in [0.29, 0.717) is 29.8 Å². The Morgan fingerprint density at radius 2 is 1.82 bits per heavy atom. The highest BCUT2D eigenvalue weighted by atomic mass is 19.4. The van der Waals surface area contributed by atoms with Crippen molar-refractivity contribution in [1.29, 1.82) is 0 Å². The highest BCUT2D eigenvalue weighted by Crippen LogP contribution is 2.36. The highest BCUT2D eigenvalue weighted by Gasteiger charge is 2.44. The summed E-state index contributed by atoms with van der Waals surface area (Å²) in [6.07, 6.45) is -2.76. The number of alkyl halides is 3. The summed E-state index contributed by atoms with van der Waals surface area (Å²) in [5, 5.41) is 10.9. The molecule has 4 rings (SSSR count). The molecule has 0 bridgehead atoms. The molecule has 2 amide bonds. The molecule has 1 atom stereocenters. The molecule has 1 aromatic heterocycles. The summed E-state index contributed by atoms with van der Waals surface area (Å²) in [5.74, 6) is -1.03. The molecule has 1 aliphatic rings. The molecule has 0 aliphatic carbocycles. The molecule has 0 spiro atoms. The van der Waals surface area contributed by atoms with Gasteiger partial charge in [-0.15, -0.1) is 0 Å². The van der Waals surface area contributed by atoms with Gasteiger partial charge in [-0.2, -0.15) is 13.2 Å². The zero-order valence-electron chi connectivity index (χ0n) is 21.3. The number of nitrogens with zero attached hydrogens (tertiary/aromatic N) is 2. The predicted octanol–water partition coefficient (Wildman–Crippen LogP) is 4.37. The van der Waals surface area contributed by atoms with Crippen LogP contribution in [0, 0.1) is 5.82 Å². The van der Waals surface area contributed by atoms with E-state index >= 15 is 0 Å².